The van der Waals surface area contributed by atoms with Crippen LogP contribution >= 0.6 is 11.3 Å². The number of hydrogen-bond donors (Lipinski definition) is 2. The first-order valence-corrected chi connectivity index (χ1v) is 11.1. The van der Waals surface area contributed by atoms with Gasteiger partial charge in [-0.2, -0.15) is 8.42 Å². The Morgan fingerprint density at radius 1 is 1.08 bits per heavy atom. The average molecular weight is 392 g/mol. The molecule has 0 bridgehead atoms. The predicted octanol–water partition coefficient (Wildman–Crippen LogP) is 2.84. The van der Waals surface area contributed by atoms with Crippen LogP contribution in [0.2, 0.25) is 0 Å². The average Bonchev–Trinajstić information content (AvgIpc) is 3.13. The number of aryl methyl sites for hydroxylation is 2. The fourth-order valence-electron chi connectivity index (χ4n) is 3.66. The zero-order valence-corrected chi connectivity index (χ0v) is 16.0. The van der Waals surface area contributed by atoms with E-state index >= 15 is 0 Å². The molecule has 1 aliphatic carbocycles. The van der Waals surface area contributed by atoms with E-state index in [1.165, 1.54) is 34.0 Å². The highest BCUT2D eigenvalue weighted by molar-refractivity contribution is 7.90. The number of fused-ring (bicyclic) bond motifs is 2. The van der Waals surface area contributed by atoms with Crippen LogP contribution in [0.5, 0.6) is 0 Å². The normalized spacial score (nSPS) is 16.7. The molecule has 2 aromatic rings. The third kappa shape index (κ3) is 3.36. The number of carbonyl (C=O) groups excluding carboxylic acids is 1. The molecule has 4 rings (SSSR count). The maximum atomic E-state index is 12.6. The molecule has 1 aliphatic heterocycles. The standard InChI is InChI=1S/C18H21N3O3S2/c19-26(23,24)21-9-8-12-6-7-14(11-15(12)21)20-18(22)17-10-13-4-2-1-3-5-16(13)25-17/h6-7,10-11H,1-5,8-9H2,(H,20,22)(H2,19,23,24). The minimum atomic E-state index is -3.80. The Bertz CT molecular complexity index is 943. The van der Waals surface area contributed by atoms with Gasteiger partial charge < -0.3 is 5.32 Å². The molecule has 0 radical (unpaired) electrons. The lowest BCUT2D eigenvalue weighted by Gasteiger charge is -2.16. The smallest absolute Gasteiger partial charge is 0.299 e. The van der Waals surface area contributed by atoms with Gasteiger partial charge in [0.25, 0.3) is 16.1 Å². The molecule has 1 aromatic carbocycles. The fourth-order valence-corrected chi connectivity index (χ4v) is 5.60. The summed E-state index contributed by atoms with van der Waals surface area (Å²) in [6.07, 6.45) is 6.33. The number of nitrogens with two attached hydrogens (primary N) is 1. The van der Waals surface area contributed by atoms with Crippen molar-refractivity contribution < 1.29 is 13.2 Å². The van der Waals surface area contributed by atoms with Crippen LogP contribution in [0.3, 0.4) is 0 Å². The molecule has 8 heteroatoms. The molecule has 6 nitrogen and oxygen atoms in total. The number of hydrogen-bond acceptors (Lipinski definition) is 4. The highest BCUT2D eigenvalue weighted by Gasteiger charge is 2.27. The van der Waals surface area contributed by atoms with Crippen LogP contribution in [0.25, 0.3) is 0 Å². The van der Waals surface area contributed by atoms with Crippen molar-refractivity contribution >= 4 is 38.8 Å². The lowest BCUT2D eigenvalue weighted by atomic mass is 10.1. The Hall–Kier alpha value is -1.90. The van der Waals surface area contributed by atoms with Gasteiger partial charge >= 0.3 is 0 Å². The van der Waals surface area contributed by atoms with E-state index in [1.807, 2.05) is 18.2 Å². The van der Waals surface area contributed by atoms with Crippen LogP contribution in [0, 0.1) is 0 Å². The van der Waals surface area contributed by atoms with Gasteiger partial charge in [0.05, 0.1) is 10.6 Å². The summed E-state index contributed by atoms with van der Waals surface area (Å²) in [5.41, 5.74) is 3.34. The summed E-state index contributed by atoms with van der Waals surface area (Å²) in [7, 11) is -3.80. The second kappa shape index (κ2) is 6.68. The number of anilines is 2. The van der Waals surface area contributed by atoms with Crippen molar-refractivity contribution in [1.29, 1.82) is 0 Å². The molecule has 2 heterocycles. The molecule has 0 fully saturated rings. The van der Waals surface area contributed by atoms with Gasteiger partial charge in [-0.3, -0.25) is 9.10 Å². The summed E-state index contributed by atoms with van der Waals surface area (Å²) in [4.78, 5) is 14.7. The summed E-state index contributed by atoms with van der Waals surface area (Å²) >= 11 is 1.57. The van der Waals surface area contributed by atoms with E-state index in [9.17, 15) is 13.2 Å². The van der Waals surface area contributed by atoms with Crippen molar-refractivity contribution in [3.8, 4) is 0 Å². The number of thiophene rings is 1. The highest BCUT2D eigenvalue weighted by atomic mass is 32.2. The van der Waals surface area contributed by atoms with E-state index in [0.29, 0.717) is 29.2 Å². The summed E-state index contributed by atoms with van der Waals surface area (Å²) in [6.45, 7) is 0.337. The molecular formula is C18H21N3O3S2. The third-order valence-electron chi connectivity index (χ3n) is 4.97. The number of rotatable bonds is 3. The zero-order valence-electron chi connectivity index (χ0n) is 14.3. The van der Waals surface area contributed by atoms with Gasteiger partial charge in [0.1, 0.15) is 0 Å². The minimum Gasteiger partial charge on any atom is -0.321 e. The van der Waals surface area contributed by atoms with Crippen molar-refractivity contribution in [2.75, 3.05) is 16.2 Å². The first kappa shape index (κ1) is 17.5. The highest BCUT2D eigenvalue weighted by Crippen LogP contribution is 2.33. The topological polar surface area (TPSA) is 92.5 Å². The maximum absolute atomic E-state index is 12.6. The van der Waals surface area contributed by atoms with Gasteiger partial charge in [-0.15, -0.1) is 11.3 Å². The molecule has 0 unspecified atom stereocenters. The van der Waals surface area contributed by atoms with E-state index < -0.39 is 10.2 Å². The molecule has 1 aromatic heterocycles. The Labute approximate surface area is 157 Å². The SMILES string of the molecule is NS(=O)(=O)N1CCc2ccc(NC(=O)c3cc4c(s3)CCCCC4)cc21. The number of benzene rings is 1. The molecule has 0 saturated heterocycles. The van der Waals surface area contributed by atoms with Crippen LogP contribution in [0.1, 0.15) is 44.9 Å². The van der Waals surface area contributed by atoms with Crippen LogP contribution < -0.4 is 14.8 Å². The number of nitrogens with zero attached hydrogens (tertiary/aromatic N) is 1. The number of nitrogens with one attached hydrogen (secondary N) is 1. The van der Waals surface area contributed by atoms with Crippen molar-refractivity contribution in [1.82, 2.24) is 0 Å². The van der Waals surface area contributed by atoms with Gasteiger partial charge in [-0.25, -0.2) is 5.14 Å². The Kier molecular flexibility index (Phi) is 4.50. The van der Waals surface area contributed by atoms with Crippen LogP contribution in [0.15, 0.2) is 24.3 Å². The van der Waals surface area contributed by atoms with Crippen LogP contribution in [0.4, 0.5) is 11.4 Å². The van der Waals surface area contributed by atoms with E-state index in [4.69, 9.17) is 5.14 Å². The maximum Gasteiger partial charge on any atom is 0.299 e. The monoisotopic (exact) mass is 391 g/mol. The molecule has 26 heavy (non-hydrogen) atoms. The lowest BCUT2D eigenvalue weighted by Crippen LogP contribution is -2.35. The number of amides is 1. The van der Waals surface area contributed by atoms with E-state index in [1.54, 1.807) is 17.4 Å². The molecule has 138 valence electrons. The molecule has 1 amide bonds. The Morgan fingerprint density at radius 2 is 1.88 bits per heavy atom. The fraction of sp³-hybridized carbons (Fsp3) is 0.389. The quantitative estimate of drug-likeness (QED) is 0.788. The molecular weight excluding hydrogens is 370 g/mol. The van der Waals surface area contributed by atoms with Gasteiger partial charge in [0, 0.05) is 17.1 Å². The van der Waals surface area contributed by atoms with Gasteiger partial charge in [0.2, 0.25) is 0 Å². The third-order valence-corrected chi connectivity index (χ3v) is 7.20. The molecule has 0 spiro atoms. The molecule has 2 aliphatic rings. The van der Waals surface area contributed by atoms with Crippen LogP contribution in [-0.4, -0.2) is 20.9 Å². The summed E-state index contributed by atoms with van der Waals surface area (Å²) in [5.74, 6) is -0.150. The van der Waals surface area contributed by atoms with E-state index in [-0.39, 0.29) is 5.91 Å². The van der Waals surface area contributed by atoms with E-state index in [2.05, 4.69) is 5.32 Å². The van der Waals surface area contributed by atoms with Crippen molar-refractivity contribution in [2.45, 2.75) is 38.5 Å². The lowest BCUT2D eigenvalue weighted by molar-refractivity contribution is 0.103. The van der Waals surface area contributed by atoms with Crippen molar-refractivity contribution in [2.24, 2.45) is 5.14 Å². The zero-order chi connectivity index (χ0) is 18.3. The van der Waals surface area contributed by atoms with Gasteiger partial charge in [-0.05, 0) is 61.4 Å². The second-order valence-electron chi connectivity index (χ2n) is 6.78. The Morgan fingerprint density at radius 3 is 2.69 bits per heavy atom. The first-order chi connectivity index (χ1) is 12.4. The summed E-state index contributed by atoms with van der Waals surface area (Å²) in [5, 5.41) is 8.17. The summed E-state index contributed by atoms with van der Waals surface area (Å²) in [6, 6.07) is 7.34. The second-order valence-corrected chi connectivity index (χ2v) is 9.39. The van der Waals surface area contributed by atoms with Gasteiger partial charge in [0.15, 0.2) is 0 Å². The largest absolute Gasteiger partial charge is 0.321 e. The molecule has 0 atom stereocenters. The van der Waals surface area contributed by atoms with Crippen molar-refractivity contribution in [3.63, 3.8) is 0 Å². The van der Waals surface area contributed by atoms with Crippen LogP contribution in [-0.2, 0) is 29.5 Å². The molecule has 0 saturated carbocycles. The summed E-state index contributed by atoms with van der Waals surface area (Å²) < 4.78 is 24.6. The Balaban J connectivity index is 1.56. The minimum absolute atomic E-state index is 0.150. The molecule has 3 N–H and O–H groups in total. The number of carbonyl (C=O) groups is 1. The van der Waals surface area contributed by atoms with E-state index in [0.717, 1.165) is 18.4 Å². The predicted molar refractivity (Wildman–Crippen MR) is 104 cm³/mol. The van der Waals surface area contributed by atoms with Crippen molar-refractivity contribution in [3.05, 3.63) is 45.1 Å². The first-order valence-electron chi connectivity index (χ1n) is 8.78. The van der Waals surface area contributed by atoms with Gasteiger partial charge in [-0.1, -0.05) is 12.5 Å².